The number of alkyl halides is 1. The molecule has 0 heterocycles. The molecule has 1 aromatic carbocycles. The SMILES string of the molecule is CC(CCl)C(=O)Nc1ccc(Cl)c(C(N)=O)c1. The van der Waals surface area contributed by atoms with E-state index in [4.69, 9.17) is 28.9 Å². The molecule has 0 bridgehead atoms. The zero-order valence-electron chi connectivity index (χ0n) is 9.17. The van der Waals surface area contributed by atoms with E-state index in [9.17, 15) is 9.59 Å². The third-order valence-corrected chi connectivity index (χ3v) is 2.97. The van der Waals surface area contributed by atoms with Crippen LogP contribution >= 0.6 is 23.2 Å². The van der Waals surface area contributed by atoms with Crippen molar-refractivity contribution in [2.75, 3.05) is 11.2 Å². The minimum atomic E-state index is -0.642. The Balaban J connectivity index is 2.90. The van der Waals surface area contributed by atoms with Crippen molar-refractivity contribution >= 4 is 40.7 Å². The zero-order chi connectivity index (χ0) is 13.0. The summed E-state index contributed by atoms with van der Waals surface area (Å²) in [5.41, 5.74) is 5.78. The van der Waals surface area contributed by atoms with Crippen molar-refractivity contribution in [3.8, 4) is 0 Å². The van der Waals surface area contributed by atoms with Gasteiger partial charge in [0.25, 0.3) is 0 Å². The Kier molecular flexibility index (Phi) is 4.78. The Hall–Kier alpha value is -1.26. The maximum absolute atomic E-state index is 11.6. The van der Waals surface area contributed by atoms with Gasteiger partial charge in [-0.15, -0.1) is 11.6 Å². The highest BCUT2D eigenvalue weighted by Crippen LogP contribution is 2.20. The van der Waals surface area contributed by atoms with Gasteiger partial charge in [0.1, 0.15) is 0 Å². The van der Waals surface area contributed by atoms with Crippen molar-refractivity contribution in [1.29, 1.82) is 0 Å². The standard InChI is InChI=1S/C11H12Cl2N2O2/c1-6(5-12)11(17)15-7-2-3-9(13)8(4-7)10(14)16/h2-4,6H,5H2,1H3,(H2,14,16)(H,15,17). The van der Waals surface area contributed by atoms with Crippen LogP contribution in [0.5, 0.6) is 0 Å². The Morgan fingerprint density at radius 1 is 1.47 bits per heavy atom. The summed E-state index contributed by atoms with van der Waals surface area (Å²) < 4.78 is 0. The molecular weight excluding hydrogens is 263 g/mol. The summed E-state index contributed by atoms with van der Waals surface area (Å²) in [7, 11) is 0. The zero-order valence-corrected chi connectivity index (χ0v) is 10.7. The van der Waals surface area contributed by atoms with Crippen molar-refractivity contribution in [3.05, 3.63) is 28.8 Å². The number of halogens is 2. The van der Waals surface area contributed by atoms with Crippen LogP contribution in [0.2, 0.25) is 5.02 Å². The van der Waals surface area contributed by atoms with Gasteiger partial charge in [0.15, 0.2) is 0 Å². The number of carbonyl (C=O) groups is 2. The minimum absolute atomic E-state index is 0.169. The highest BCUT2D eigenvalue weighted by Gasteiger charge is 2.13. The molecule has 2 amide bonds. The largest absolute Gasteiger partial charge is 0.366 e. The number of nitrogens with one attached hydrogen (secondary N) is 1. The van der Waals surface area contributed by atoms with Crippen LogP contribution in [-0.2, 0) is 4.79 Å². The normalized spacial score (nSPS) is 11.9. The molecule has 0 saturated carbocycles. The predicted molar refractivity (Wildman–Crippen MR) is 68.5 cm³/mol. The van der Waals surface area contributed by atoms with Gasteiger partial charge in [0, 0.05) is 17.5 Å². The monoisotopic (exact) mass is 274 g/mol. The molecular formula is C11H12Cl2N2O2. The first-order chi connectivity index (χ1) is 7.95. The number of amides is 2. The molecule has 1 aromatic rings. The summed E-state index contributed by atoms with van der Waals surface area (Å²) in [6, 6.07) is 4.53. The molecule has 0 aliphatic heterocycles. The average molecular weight is 275 g/mol. The van der Waals surface area contributed by atoms with Crippen LogP contribution < -0.4 is 11.1 Å². The quantitative estimate of drug-likeness (QED) is 0.827. The van der Waals surface area contributed by atoms with Crippen LogP contribution in [0.3, 0.4) is 0 Å². The number of anilines is 1. The van der Waals surface area contributed by atoms with Crippen molar-refractivity contribution in [2.45, 2.75) is 6.92 Å². The summed E-state index contributed by atoms with van der Waals surface area (Å²) in [6.07, 6.45) is 0. The van der Waals surface area contributed by atoms with Crippen LogP contribution in [0.1, 0.15) is 17.3 Å². The van der Waals surface area contributed by atoms with Gasteiger partial charge < -0.3 is 11.1 Å². The van der Waals surface area contributed by atoms with E-state index >= 15 is 0 Å². The maximum atomic E-state index is 11.6. The van der Waals surface area contributed by atoms with E-state index in [0.717, 1.165) is 0 Å². The Bertz CT molecular complexity index is 449. The van der Waals surface area contributed by atoms with Crippen LogP contribution in [-0.4, -0.2) is 17.7 Å². The molecule has 92 valence electrons. The number of primary amides is 1. The number of rotatable bonds is 4. The van der Waals surface area contributed by atoms with Gasteiger partial charge in [-0.1, -0.05) is 18.5 Å². The lowest BCUT2D eigenvalue weighted by Gasteiger charge is -2.10. The predicted octanol–water partition coefficient (Wildman–Crippen LogP) is 2.25. The van der Waals surface area contributed by atoms with E-state index in [1.165, 1.54) is 12.1 Å². The lowest BCUT2D eigenvalue weighted by Crippen LogP contribution is -2.22. The fourth-order valence-electron chi connectivity index (χ4n) is 1.13. The van der Waals surface area contributed by atoms with E-state index in [0.29, 0.717) is 5.69 Å². The maximum Gasteiger partial charge on any atom is 0.250 e. The summed E-state index contributed by atoms with van der Waals surface area (Å²) in [4.78, 5) is 22.6. The molecule has 1 unspecified atom stereocenters. The van der Waals surface area contributed by atoms with Gasteiger partial charge in [0.05, 0.1) is 10.6 Å². The first-order valence-corrected chi connectivity index (χ1v) is 5.83. The topological polar surface area (TPSA) is 72.2 Å². The smallest absolute Gasteiger partial charge is 0.250 e. The molecule has 0 saturated heterocycles. The minimum Gasteiger partial charge on any atom is -0.366 e. The molecule has 1 atom stereocenters. The first kappa shape index (κ1) is 13.8. The Morgan fingerprint density at radius 2 is 2.12 bits per heavy atom. The van der Waals surface area contributed by atoms with Crippen LogP contribution in [0.4, 0.5) is 5.69 Å². The number of hydrogen-bond acceptors (Lipinski definition) is 2. The second-order valence-corrected chi connectivity index (χ2v) is 4.32. The van der Waals surface area contributed by atoms with Crippen LogP contribution in [0, 0.1) is 5.92 Å². The summed E-state index contributed by atoms with van der Waals surface area (Å²) in [5, 5.41) is 2.88. The van der Waals surface area contributed by atoms with E-state index < -0.39 is 5.91 Å². The molecule has 0 aliphatic carbocycles. The molecule has 4 nitrogen and oxygen atoms in total. The molecule has 0 spiro atoms. The molecule has 3 N–H and O–H groups in total. The third-order valence-electron chi connectivity index (χ3n) is 2.18. The molecule has 0 aromatic heterocycles. The fourth-order valence-corrected chi connectivity index (χ4v) is 1.48. The Labute approximate surface area is 109 Å². The second-order valence-electron chi connectivity index (χ2n) is 3.60. The summed E-state index contributed by atoms with van der Waals surface area (Å²) in [5.74, 6) is -0.958. The third kappa shape index (κ3) is 3.61. The number of hydrogen-bond donors (Lipinski definition) is 2. The first-order valence-electron chi connectivity index (χ1n) is 4.92. The van der Waals surface area contributed by atoms with E-state index in [2.05, 4.69) is 5.32 Å². The second kappa shape index (κ2) is 5.89. The molecule has 0 radical (unpaired) electrons. The van der Waals surface area contributed by atoms with Gasteiger partial charge in [-0.2, -0.15) is 0 Å². The van der Waals surface area contributed by atoms with E-state index in [1.807, 2.05) is 0 Å². The van der Waals surface area contributed by atoms with Gasteiger partial charge in [-0.25, -0.2) is 0 Å². The summed E-state index contributed by atoms with van der Waals surface area (Å²) >= 11 is 11.3. The highest BCUT2D eigenvalue weighted by atomic mass is 35.5. The van der Waals surface area contributed by atoms with Gasteiger partial charge in [-0.05, 0) is 18.2 Å². The van der Waals surface area contributed by atoms with Gasteiger partial charge in [0.2, 0.25) is 11.8 Å². The molecule has 17 heavy (non-hydrogen) atoms. The van der Waals surface area contributed by atoms with Gasteiger partial charge in [-0.3, -0.25) is 9.59 Å². The fraction of sp³-hybridized carbons (Fsp3) is 0.273. The van der Waals surface area contributed by atoms with Crippen LogP contribution in [0.25, 0.3) is 0 Å². The number of nitrogens with two attached hydrogens (primary N) is 1. The number of carbonyl (C=O) groups excluding carboxylic acids is 2. The Morgan fingerprint density at radius 3 is 2.65 bits per heavy atom. The van der Waals surface area contributed by atoms with Crippen molar-refractivity contribution in [3.63, 3.8) is 0 Å². The molecule has 0 aliphatic rings. The van der Waals surface area contributed by atoms with E-state index in [1.54, 1.807) is 13.0 Å². The van der Waals surface area contributed by atoms with Crippen LogP contribution in [0.15, 0.2) is 18.2 Å². The molecule has 1 rings (SSSR count). The summed E-state index contributed by atoms with van der Waals surface area (Å²) in [6.45, 7) is 1.70. The highest BCUT2D eigenvalue weighted by molar-refractivity contribution is 6.34. The van der Waals surface area contributed by atoms with Crippen molar-refractivity contribution in [1.82, 2.24) is 0 Å². The van der Waals surface area contributed by atoms with Crippen molar-refractivity contribution in [2.24, 2.45) is 11.7 Å². The van der Waals surface area contributed by atoms with E-state index in [-0.39, 0.29) is 28.3 Å². The number of benzene rings is 1. The molecule has 0 fully saturated rings. The average Bonchev–Trinajstić information content (AvgIpc) is 2.30. The lowest BCUT2D eigenvalue weighted by molar-refractivity contribution is -0.118. The molecule has 6 heteroatoms. The van der Waals surface area contributed by atoms with Gasteiger partial charge >= 0.3 is 0 Å². The van der Waals surface area contributed by atoms with Crippen molar-refractivity contribution < 1.29 is 9.59 Å². The lowest BCUT2D eigenvalue weighted by atomic mass is 10.1.